The minimum absolute atomic E-state index is 0.173. The molecule has 98 valence electrons. The summed E-state index contributed by atoms with van der Waals surface area (Å²) in [4.78, 5) is 24.6. The molecule has 1 amide bonds. The number of amides is 1. The molecule has 18 heavy (non-hydrogen) atoms. The van der Waals surface area contributed by atoms with Crippen molar-refractivity contribution in [2.24, 2.45) is 5.92 Å². The molecule has 6 heteroatoms. The number of aliphatic carboxylic acids is 1. The molecule has 0 aliphatic carbocycles. The zero-order valence-electron chi connectivity index (χ0n) is 10.5. The van der Waals surface area contributed by atoms with Gasteiger partial charge in [0.25, 0.3) is 5.91 Å². The summed E-state index contributed by atoms with van der Waals surface area (Å²) in [6.07, 6.45) is 0.994. The van der Waals surface area contributed by atoms with Gasteiger partial charge < -0.3 is 14.5 Å². The van der Waals surface area contributed by atoms with Gasteiger partial charge in [0.2, 0.25) is 0 Å². The Balaban J connectivity index is 2.04. The first-order valence-electron chi connectivity index (χ1n) is 5.95. The number of aromatic nitrogens is 1. The van der Waals surface area contributed by atoms with Gasteiger partial charge in [-0.3, -0.25) is 9.59 Å². The zero-order valence-corrected chi connectivity index (χ0v) is 10.5. The molecule has 0 bridgehead atoms. The maximum atomic E-state index is 12.2. The van der Waals surface area contributed by atoms with Crippen molar-refractivity contribution >= 4 is 11.9 Å². The van der Waals surface area contributed by atoms with Gasteiger partial charge in [0.1, 0.15) is 5.76 Å². The number of carboxylic acids is 1. The number of nitrogens with zero attached hydrogens (tertiary/aromatic N) is 2. The van der Waals surface area contributed by atoms with Gasteiger partial charge >= 0.3 is 5.97 Å². The highest BCUT2D eigenvalue weighted by Gasteiger charge is 2.29. The van der Waals surface area contributed by atoms with Crippen LogP contribution >= 0.6 is 0 Å². The van der Waals surface area contributed by atoms with Crippen LogP contribution < -0.4 is 0 Å². The van der Waals surface area contributed by atoms with E-state index in [1.807, 2.05) is 0 Å². The van der Waals surface area contributed by atoms with Gasteiger partial charge in [-0.2, -0.15) is 0 Å². The van der Waals surface area contributed by atoms with E-state index >= 15 is 0 Å². The van der Waals surface area contributed by atoms with E-state index in [0.29, 0.717) is 37.4 Å². The second-order valence-corrected chi connectivity index (χ2v) is 4.62. The molecule has 0 saturated carbocycles. The van der Waals surface area contributed by atoms with Crippen LogP contribution in [0.15, 0.2) is 4.52 Å². The summed E-state index contributed by atoms with van der Waals surface area (Å²) in [5.74, 6) is -0.656. The SMILES string of the molecule is Cc1onc(C(=O)N2CCC(C(=O)O)CC2)c1C. The minimum Gasteiger partial charge on any atom is -0.481 e. The van der Waals surface area contributed by atoms with Crippen molar-refractivity contribution in [3.63, 3.8) is 0 Å². The van der Waals surface area contributed by atoms with E-state index in [1.165, 1.54) is 0 Å². The molecule has 1 aromatic rings. The number of likely N-dealkylation sites (tertiary alicyclic amines) is 1. The van der Waals surface area contributed by atoms with Crippen molar-refractivity contribution in [1.29, 1.82) is 0 Å². The Morgan fingerprint density at radius 3 is 2.39 bits per heavy atom. The van der Waals surface area contributed by atoms with Crippen molar-refractivity contribution in [2.75, 3.05) is 13.1 Å². The Morgan fingerprint density at radius 2 is 1.94 bits per heavy atom. The normalized spacial score (nSPS) is 16.9. The highest BCUT2D eigenvalue weighted by atomic mass is 16.5. The molecule has 1 saturated heterocycles. The predicted octanol–water partition coefficient (Wildman–Crippen LogP) is 1.23. The lowest BCUT2D eigenvalue weighted by molar-refractivity contribution is -0.143. The zero-order chi connectivity index (χ0) is 13.3. The topological polar surface area (TPSA) is 83.6 Å². The minimum atomic E-state index is -0.782. The highest BCUT2D eigenvalue weighted by Crippen LogP contribution is 2.20. The quantitative estimate of drug-likeness (QED) is 0.855. The molecule has 0 unspecified atom stereocenters. The lowest BCUT2D eigenvalue weighted by Gasteiger charge is -2.29. The Kier molecular flexibility index (Phi) is 3.36. The molecule has 2 heterocycles. The molecule has 1 fully saturated rings. The van der Waals surface area contributed by atoms with Gasteiger partial charge in [-0.25, -0.2) is 0 Å². The number of rotatable bonds is 2. The summed E-state index contributed by atoms with van der Waals surface area (Å²) in [5.41, 5.74) is 1.08. The lowest BCUT2D eigenvalue weighted by atomic mass is 9.97. The first-order chi connectivity index (χ1) is 8.50. The van der Waals surface area contributed by atoms with E-state index in [4.69, 9.17) is 9.63 Å². The van der Waals surface area contributed by atoms with E-state index in [1.54, 1.807) is 18.7 Å². The number of piperidine rings is 1. The van der Waals surface area contributed by atoms with Crippen LogP contribution in [-0.4, -0.2) is 40.1 Å². The average molecular weight is 252 g/mol. The number of carboxylic acid groups (broad SMARTS) is 1. The smallest absolute Gasteiger partial charge is 0.306 e. The Morgan fingerprint density at radius 1 is 1.33 bits per heavy atom. The summed E-state index contributed by atoms with van der Waals surface area (Å²) in [6, 6.07) is 0. The largest absolute Gasteiger partial charge is 0.481 e. The number of hydrogen-bond acceptors (Lipinski definition) is 4. The molecule has 0 aromatic carbocycles. The summed E-state index contributed by atoms with van der Waals surface area (Å²) < 4.78 is 4.97. The molecule has 0 radical (unpaired) electrons. The Bertz CT molecular complexity index is 472. The molecule has 2 rings (SSSR count). The van der Waals surface area contributed by atoms with Gasteiger partial charge in [-0.05, 0) is 26.7 Å². The van der Waals surface area contributed by atoms with Gasteiger partial charge in [0, 0.05) is 18.7 Å². The summed E-state index contributed by atoms with van der Waals surface area (Å²) in [6.45, 7) is 4.47. The third kappa shape index (κ3) is 2.23. The van der Waals surface area contributed by atoms with Crippen molar-refractivity contribution < 1.29 is 19.2 Å². The number of carbonyl (C=O) groups is 2. The second kappa shape index (κ2) is 4.80. The van der Waals surface area contributed by atoms with E-state index in [0.717, 1.165) is 5.56 Å². The number of carbonyl (C=O) groups excluding carboxylic acids is 1. The van der Waals surface area contributed by atoms with E-state index in [2.05, 4.69) is 5.16 Å². The van der Waals surface area contributed by atoms with Crippen LogP contribution in [0.25, 0.3) is 0 Å². The molecule has 0 atom stereocenters. The Labute approximate surface area is 105 Å². The van der Waals surface area contributed by atoms with E-state index in [9.17, 15) is 9.59 Å². The Hall–Kier alpha value is -1.85. The van der Waals surface area contributed by atoms with E-state index < -0.39 is 5.97 Å². The van der Waals surface area contributed by atoms with Gasteiger partial charge in [0.05, 0.1) is 5.92 Å². The molecular formula is C12H16N2O4. The molecule has 1 aliphatic heterocycles. The summed E-state index contributed by atoms with van der Waals surface area (Å²) in [5, 5.41) is 12.7. The van der Waals surface area contributed by atoms with Gasteiger partial charge in [0.15, 0.2) is 5.69 Å². The standard InChI is InChI=1S/C12H16N2O4/c1-7-8(2)18-13-10(7)11(15)14-5-3-9(4-6-14)12(16)17/h9H,3-6H2,1-2H3,(H,16,17). The van der Waals surface area contributed by atoms with Crippen LogP contribution in [-0.2, 0) is 4.79 Å². The van der Waals surface area contributed by atoms with Gasteiger partial charge in [-0.1, -0.05) is 5.16 Å². The van der Waals surface area contributed by atoms with Crippen LogP contribution in [0.1, 0.15) is 34.7 Å². The fourth-order valence-corrected chi connectivity index (χ4v) is 2.10. The molecule has 6 nitrogen and oxygen atoms in total. The maximum absolute atomic E-state index is 12.2. The predicted molar refractivity (Wildman–Crippen MR) is 62.2 cm³/mol. The van der Waals surface area contributed by atoms with Crippen LogP contribution in [0.3, 0.4) is 0 Å². The summed E-state index contributed by atoms with van der Waals surface area (Å²) >= 11 is 0. The van der Waals surface area contributed by atoms with Crippen LogP contribution in [0, 0.1) is 19.8 Å². The molecule has 0 spiro atoms. The third-order valence-corrected chi connectivity index (χ3v) is 3.49. The average Bonchev–Trinajstić information content (AvgIpc) is 2.69. The van der Waals surface area contributed by atoms with Crippen molar-refractivity contribution in [3.05, 3.63) is 17.0 Å². The van der Waals surface area contributed by atoms with Crippen LogP contribution in [0.4, 0.5) is 0 Å². The van der Waals surface area contributed by atoms with E-state index in [-0.39, 0.29) is 11.8 Å². The number of hydrogen-bond donors (Lipinski definition) is 1. The number of aryl methyl sites for hydroxylation is 1. The van der Waals surface area contributed by atoms with Crippen molar-refractivity contribution in [1.82, 2.24) is 10.1 Å². The maximum Gasteiger partial charge on any atom is 0.306 e. The van der Waals surface area contributed by atoms with Crippen molar-refractivity contribution in [3.8, 4) is 0 Å². The molecule has 1 aromatic heterocycles. The fraction of sp³-hybridized carbons (Fsp3) is 0.583. The first-order valence-corrected chi connectivity index (χ1v) is 5.95. The molecule has 1 N–H and O–H groups in total. The second-order valence-electron chi connectivity index (χ2n) is 4.62. The van der Waals surface area contributed by atoms with Crippen LogP contribution in [0.5, 0.6) is 0 Å². The van der Waals surface area contributed by atoms with Crippen LogP contribution in [0.2, 0.25) is 0 Å². The fourth-order valence-electron chi connectivity index (χ4n) is 2.10. The first kappa shape index (κ1) is 12.6. The lowest BCUT2D eigenvalue weighted by Crippen LogP contribution is -2.40. The molecule has 1 aliphatic rings. The molecular weight excluding hydrogens is 236 g/mol. The monoisotopic (exact) mass is 252 g/mol. The third-order valence-electron chi connectivity index (χ3n) is 3.49. The highest BCUT2D eigenvalue weighted by molar-refractivity contribution is 5.93. The van der Waals surface area contributed by atoms with Crippen molar-refractivity contribution in [2.45, 2.75) is 26.7 Å². The summed E-state index contributed by atoms with van der Waals surface area (Å²) in [7, 11) is 0. The van der Waals surface area contributed by atoms with Gasteiger partial charge in [-0.15, -0.1) is 0 Å².